The zero-order valence-corrected chi connectivity index (χ0v) is 14.9. The van der Waals surface area contributed by atoms with E-state index in [2.05, 4.69) is 0 Å². The SMILES string of the molecule is Cc1ccc(C)c(OCC(=O)Oc2cc(C)c(Cl)c(C)c2)c1C. The Hall–Kier alpha value is -2.00. The number of hydrogen-bond donors (Lipinski definition) is 0. The van der Waals surface area contributed by atoms with Gasteiger partial charge in [-0.05, 0) is 74.6 Å². The van der Waals surface area contributed by atoms with Gasteiger partial charge >= 0.3 is 5.97 Å². The van der Waals surface area contributed by atoms with E-state index < -0.39 is 5.97 Å². The molecule has 0 saturated heterocycles. The maximum atomic E-state index is 12.0. The summed E-state index contributed by atoms with van der Waals surface area (Å²) in [5.41, 5.74) is 4.92. The number of carbonyl (C=O) groups excluding carboxylic acids is 1. The van der Waals surface area contributed by atoms with E-state index in [1.807, 2.05) is 46.8 Å². The van der Waals surface area contributed by atoms with Crippen molar-refractivity contribution in [1.82, 2.24) is 0 Å². The van der Waals surface area contributed by atoms with Gasteiger partial charge in [0, 0.05) is 5.02 Å². The van der Waals surface area contributed by atoms with Gasteiger partial charge < -0.3 is 9.47 Å². The van der Waals surface area contributed by atoms with Crippen LogP contribution in [0.15, 0.2) is 24.3 Å². The zero-order chi connectivity index (χ0) is 17.1. The van der Waals surface area contributed by atoms with E-state index >= 15 is 0 Å². The summed E-state index contributed by atoms with van der Waals surface area (Å²) >= 11 is 6.11. The lowest BCUT2D eigenvalue weighted by atomic mass is 10.1. The third-order valence-corrected chi connectivity index (χ3v) is 4.45. The second-order valence-corrected chi connectivity index (χ2v) is 6.17. The van der Waals surface area contributed by atoms with Crippen LogP contribution in [0.25, 0.3) is 0 Å². The first-order valence-corrected chi connectivity index (χ1v) is 7.84. The zero-order valence-electron chi connectivity index (χ0n) is 14.1. The van der Waals surface area contributed by atoms with Gasteiger partial charge in [0.1, 0.15) is 11.5 Å². The fourth-order valence-corrected chi connectivity index (χ4v) is 2.51. The molecule has 0 amide bonds. The minimum atomic E-state index is -0.438. The van der Waals surface area contributed by atoms with Gasteiger partial charge in [0.25, 0.3) is 0 Å². The van der Waals surface area contributed by atoms with E-state index in [4.69, 9.17) is 21.1 Å². The van der Waals surface area contributed by atoms with E-state index in [1.165, 1.54) is 0 Å². The summed E-state index contributed by atoms with van der Waals surface area (Å²) in [6.07, 6.45) is 0. The maximum Gasteiger partial charge on any atom is 0.349 e. The van der Waals surface area contributed by atoms with Crippen molar-refractivity contribution in [3.63, 3.8) is 0 Å². The molecular weight excluding hydrogens is 312 g/mol. The van der Waals surface area contributed by atoms with Crippen LogP contribution in [0.1, 0.15) is 27.8 Å². The largest absolute Gasteiger partial charge is 0.481 e. The summed E-state index contributed by atoms with van der Waals surface area (Å²) in [6, 6.07) is 7.51. The highest BCUT2D eigenvalue weighted by molar-refractivity contribution is 6.32. The lowest BCUT2D eigenvalue weighted by molar-refractivity contribution is -0.136. The Morgan fingerprint density at radius 1 is 0.957 bits per heavy atom. The van der Waals surface area contributed by atoms with Crippen molar-refractivity contribution >= 4 is 17.6 Å². The number of aryl methyl sites for hydroxylation is 4. The van der Waals surface area contributed by atoms with Gasteiger partial charge in [-0.15, -0.1) is 0 Å². The number of ether oxygens (including phenoxy) is 2. The summed E-state index contributed by atoms with van der Waals surface area (Å²) in [5.74, 6) is 0.785. The van der Waals surface area contributed by atoms with Crippen molar-refractivity contribution in [2.75, 3.05) is 6.61 Å². The third-order valence-electron chi connectivity index (χ3n) is 3.85. The van der Waals surface area contributed by atoms with Gasteiger partial charge in [-0.1, -0.05) is 23.7 Å². The molecule has 0 aromatic heterocycles. The molecule has 23 heavy (non-hydrogen) atoms. The minimum Gasteiger partial charge on any atom is -0.481 e. The summed E-state index contributed by atoms with van der Waals surface area (Å²) in [5, 5.41) is 0.687. The summed E-state index contributed by atoms with van der Waals surface area (Å²) < 4.78 is 11.0. The van der Waals surface area contributed by atoms with Gasteiger partial charge in [0.2, 0.25) is 0 Å². The van der Waals surface area contributed by atoms with Crippen molar-refractivity contribution in [2.24, 2.45) is 0 Å². The normalized spacial score (nSPS) is 10.5. The van der Waals surface area contributed by atoms with Crippen molar-refractivity contribution in [1.29, 1.82) is 0 Å². The first kappa shape index (κ1) is 17.4. The van der Waals surface area contributed by atoms with Gasteiger partial charge in [0.05, 0.1) is 0 Å². The van der Waals surface area contributed by atoms with Crippen LogP contribution in [0.2, 0.25) is 5.02 Å². The Morgan fingerprint density at radius 3 is 2.13 bits per heavy atom. The highest BCUT2D eigenvalue weighted by Gasteiger charge is 2.12. The summed E-state index contributed by atoms with van der Waals surface area (Å²) in [6.45, 7) is 9.57. The fourth-order valence-electron chi connectivity index (χ4n) is 2.40. The number of benzene rings is 2. The van der Waals surface area contributed by atoms with Crippen LogP contribution in [0.3, 0.4) is 0 Å². The van der Waals surface area contributed by atoms with Crippen molar-refractivity contribution in [3.8, 4) is 11.5 Å². The topological polar surface area (TPSA) is 35.5 Å². The highest BCUT2D eigenvalue weighted by atomic mass is 35.5. The number of esters is 1. The molecule has 0 bridgehead atoms. The molecule has 0 heterocycles. The van der Waals surface area contributed by atoms with Gasteiger partial charge in [-0.25, -0.2) is 4.79 Å². The van der Waals surface area contributed by atoms with Gasteiger partial charge in [-0.3, -0.25) is 0 Å². The minimum absolute atomic E-state index is 0.133. The van der Waals surface area contributed by atoms with E-state index in [0.29, 0.717) is 10.8 Å². The average molecular weight is 333 g/mol. The molecule has 0 aliphatic carbocycles. The standard InChI is InChI=1S/C19H21ClO3/c1-11-6-7-12(2)19(15(11)5)22-10-17(21)23-16-8-13(3)18(20)14(4)9-16/h6-9H,10H2,1-5H3. The van der Waals surface area contributed by atoms with E-state index in [-0.39, 0.29) is 6.61 Å². The molecule has 0 aliphatic heterocycles. The Balaban J connectivity index is 2.05. The van der Waals surface area contributed by atoms with Crippen molar-refractivity contribution in [3.05, 3.63) is 57.1 Å². The van der Waals surface area contributed by atoms with Crippen LogP contribution in [-0.2, 0) is 4.79 Å². The molecule has 3 nitrogen and oxygen atoms in total. The monoisotopic (exact) mass is 332 g/mol. The van der Waals surface area contributed by atoms with E-state index in [9.17, 15) is 4.79 Å². The fraction of sp³-hybridized carbons (Fsp3) is 0.316. The second-order valence-electron chi connectivity index (χ2n) is 5.79. The average Bonchev–Trinajstić information content (AvgIpc) is 2.48. The second kappa shape index (κ2) is 7.05. The summed E-state index contributed by atoms with van der Waals surface area (Å²) in [4.78, 5) is 12.0. The number of carbonyl (C=O) groups is 1. The Labute approximate surface area is 142 Å². The third kappa shape index (κ3) is 4.05. The Kier molecular flexibility index (Phi) is 5.32. The van der Waals surface area contributed by atoms with Crippen molar-refractivity contribution < 1.29 is 14.3 Å². The van der Waals surface area contributed by atoms with Crippen molar-refractivity contribution in [2.45, 2.75) is 34.6 Å². The molecule has 2 rings (SSSR count). The molecule has 0 unspecified atom stereocenters. The van der Waals surface area contributed by atoms with Gasteiger partial charge in [-0.2, -0.15) is 0 Å². The molecule has 0 aliphatic rings. The molecule has 4 heteroatoms. The molecular formula is C19H21ClO3. The molecule has 0 saturated carbocycles. The first-order chi connectivity index (χ1) is 10.8. The van der Waals surface area contributed by atoms with E-state index in [1.54, 1.807) is 12.1 Å². The lowest BCUT2D eigenvalue weighted by Gasteiger charge is -2.14. The molecule has 0 fully saturated rings. The number of halogens is 1. The van der Waals surface area contributed by atoms with Crippen LogP contribution in [-0.4, -0.2) is 12.6 Å². The smallest absolute Gasteiger partial charge is 0.349 e. The molecule has 0 atom stereocenters. The number of rotatable bonds is 4. The Morgan fingerprint density at radius 2 is 1.52 bits per heavy atom. The quantitative estimate of drug-likeness (QED) is 0.592. The van der Waals surface area contributed by atoms with Crippen LogP contribution in [0, 0.1) is 34.6 Å². The molecule has 0 radical (unpaired) electrons. The first-order valence-electron chi connectivity index (χ1n) is 7.46. The predicted molar refractivity (Wildman–Crippen MR) is 92.7 cm³/mol. The molecule has 122 valence electrons. The molecule has 0 spiro atoms. The Bertz CT molecular complexity index is 728. The van der Waals surface area contributed by atoms with Crippen LogP contribution in [0.4, 0.5) is 0 Å². The molecule has 2 aromatic carbocycles. The molecule has 2 aromatic rings. The maximum absolute atomic E-state index is 12.0. The number of hydrogen-bond acceptors (Lipinski definition) is 3. The highest BCUT2D eigenvalue weighted by Crippen LogP contribution is 2.27. The molecule has 0 N–H and O–H groups in total. The summed E-state index contributed by atoms with van der Waals surface area (Å²) in [7, 11) is 0. The van der Waals surface area contributed by atoms with E-state index in [0.717, 1.165) is 33.6 Å². The van der Waals surface area contributed by atoms with Crippen LogP contribution >= 0.6 is 11.6 Å². The van der Waals surface area contributed by atoms with Gasteiger partial charge in [0.15, 0.2) is 6.61 Å². The predicted octanol–water partition coefficient (Wildman–Crippen LogP) is 4.87. The van der Waals surface area contributed by atoms with Crippen LogP contribution in [0.5, 0.6) is 11.5 Å². The van der Waals surface area contributed by atoms with Crippen LogP contribution < -0.4 is 9.47 Å². The lowest BCUT2D eigenvalue weighted by Crippen LogP contribution is -2.18.